The van der Waals surface area contributed by atoms with E-state index in [-0.39, 0.29) is 28.5 Å². The van der Waals surface area contributed by atoms with Gasteiger partial charge in [-0.2, -0.15) is 0 Å². The Kier molecular flexibility index (Phi) is 4.82. The first-order valence-corrected chi connectivity index (χ1v) is 8.27. The summed E-state index contributed by atoms with van der Waals surface area (Å²) >= 11 is 3.08. The molecule has 0 atom stereocenters. The first-order chi connectivity index (χ1) is 12.8. The second kappa shape index (κ2) is 7.08. The van der Waals surface area contributed by atoms with Crippen LogP contribution in [-0.2, 0) is 9.53 Å². The fourth-order valence-electron chi connectivity index (χ4n) is 2.39. The van der Waals surface area contributed by atoms with Crippen molar-refractivity contribution in [1.29, 1.82) is 0 Å². The highest BCUT2D eigenvalue weighted by Gasteiger charge is 2.26. The average Bonchev–Trinajstić information content (AvgIpc) is 2.97. The topological polar surface area (TPSA) is 125 Å². The number of esters is 1. The van der Waals surface area contributed by atoms with E-state index in [4.69, 9.17) is 4.74 Å². The minimum absolute atomic E-state index is 0.0650. The van der Waals surface area contributed by atoms with Gasteiger partial charge in [0, 0.05) is 23.3 Å². The number of cyclic esters (lactones) is 1. The van der Waals surface area contributed by atoms with Gasteiger partial charge in [0.15, 0.2) is 5.70 Å². The average molecular weight is 432 g/mol. The zero-order chi connectivity index (χ0) is 19.7. The quantitative estimate of drug-likeness (QED) is 0.312. The van der Waals surface area contributed by atoms with Gasteiger partial charge >= 0.3 is 5.97 Å². The Morgan fingerprint density at radius 1 is 1.07 bits per heavy atom. The summed E-state index contributed by atoms with van der Waals surface area (Å²) in [5.41, 5.74) is 0.792. The highest BCUT2D eigenvalue weighted by molar-refractivity contribution is 9.10. The first kappa shape index (κ1) is 18.4. The summed E-state index contributed by atoms with van der Waals surface area (Å²) in [4.78, 5) is 37.1. The molecule has 0 amide bonds. The maximum atomic E-state index is 12.1. The van der Waals surface area contributed by atoms with Crippen LogP contribution < -0.4 is 0 Å². The predicted molar refractivity (Wildman–Crippen MR) is 99.2 cm³/mol. The molecule has 0 N–H and O–H groups in total. The second-order valence-electron chi connectivity index (χ2n) is 5.56. The van der Waals surface area contributed by atoms with Crippen LogP contribution in [0.3, 0.4) is 0 Å². The van der Waals surface area contributed by atoms with Gasteiger partial charge in [-0.1, -0.05) is 12.1 Å². The van der Waals surface area contributed by atoms with Crippen molar-refractivity contribution in [1.82, 2.24) is 0 Å². The molecular weight excluding hydrogens is 422 g/mol. The van der Waals surface area contributed by atoms with Gasteiger partial charge in [-0.25, -0.2) is 9.79 Å². The predicted octanol–water partition coefficient (Wildman–Crippen LogP) is 3.92. The fraction of sp³-hybridized carbons (Fsp3) is 0.0588. The van der Waals surface area contributed by atoms with Gasteiger partial charge in [0.2, 0.25) is 5.90 Å². The van der Waals surface area contributed by atoms with Crippen LogP contribution in [0.15, 0.2) is 51.6 Å². The zero-order valence-electron chi connectivity index (χ0n) is 13.7. The molecule has 0 bridgehead atoms. The largest absolute Gasteiger partial charge is 0.402 e. The molecular formula is C17H10BrN3O6. The molecule has 1 heterocycles. The number of nitro groups is 2. The minimum Gasteiger partial charge on any atom is -0.402 e. The summed E-state index contributed by atoms with van der Waals surface area (Å²) in [5.74, 6) is -0.820. The van der Waals surface area contributed by atoms with Crippen molar-refractivity contribution >= 4 is 45.2 Å². The second-order valence-corrected chi connectivity index (χ2v) is 6.42. The lowest BCUT2D eigenvalue weighted by Gasteiger charge is -2.01. The lowest BCUT2D eigenvalue weighted by atomic mass is 10.1. The fourth-order valence-corrected chi connectivity index (χ4v) is 2.78. The van der Waals surface area contributed by atoms with Crippen LogP contribution in [0.4, 0.5) is 11.4 Å². The van der Waals surface area contributed by atoms with Crippen LogP contribution in [0.5, 0.6) is 0 Å². The molecule has 0 saturated heterocycles. The maximum Gasteiger partial charge on any atom is 0.363 e. The number of halogens is 1. The number of nitrogens with zero attached hydrogens (tertiary/aromatic N) is 3. The van der Waals surface area contributed by atoms with Crippen molar-refractivity contribution < 1.29 is 19.4 Å². The van der Waals surface area contributed by atoms with Crippen LogP contribution in [-0.4, -0.2) is 21.7 Å². The molecule has 3 rings (SSSR count). The van der Waals surface area contributed by atoms with Crippen LogP contribution in [0.1, 0.15) is 16.7 Å². The van der Waals surface area contributed by atoms with Gasteiger partial charge in [0.1, 0.15) is 0 Å². The minimum atomic E-state index is -0.751. The van der Waals surface area contributed by atoms with E-state index in [0.717, 1.165) is 0 Å². The molecule has 10 heteroatoms. The van der Waals surface area contributed by atoms with Crippen LogP contribution in [0.2, 0.25) is 0 Å². The standard InChI is InChI=1S/C17H10BrN3O6/c1-9-2-4-11(8-14(9)20(23)24)16-19-13(17(22)27-16)6-10-3-5-12(18)15(7-10)21(25)26/h2-8H,1H3/b13-6+. The molecule has 2 aromatic rings. The van der Waals surface area contributed by atoms with Gasteiger partial charge in [-0.05, 0) is 46.6 Å². The van der Waals surface area contributed by atoms with E-state index >= 15 is 0 Å². The molecule has 2 aromatic carbocycles. The van der Waals surface area contributed by atoms with E-state index < -0.39 is 15.8 Å². The van der Waals surface area contributed by atoms with Gasteiger partial charge in [0.25, 0.3) is 11.4 Å². The Labute approximate surface area is 160 Å². The number of rotatable bonds is 4. The molecule has 136 valence electrons. The smallest absolute Gasteiger partial charge is 0.363 e. The number of aliphatic imine (C=N–C) groups is 1. The molecule has 0 fully saturated rings. The molecule has 0 saturated carbocycles. The van der Waals surface area contributed by atoms with Crippen LogP contribution in [0, 0.1) is 27.2 Å². The van der Waals surface area contributed by atoms with Crippen molar-refractivity contribution in [3.05, 3.63) is 83.5 Å². The molecule has 1 aliphatic rings. The highest BCUT2D eigenvalue weighted by atomic mass is 79.9. The number of hydrogen-bond acceptors (Lipinski definition) is 7. The molecule has 0 unspecified atom stereocenters. The van der Waals surface area contributed by atoms with Crippen LogP contribution in [0.25, 0.3) is 6.08 Å². The van der Waals surface area contributed by atoms with E-state index in [1.165, 1.54) is 30.3 Å². The number of benzene rings is 2. The number of carbonyl (C=O) groups is 1. The van der Waals surface area contributed by atoms with E-state index in [9.17, 15) is 25.0 Å². The summed E-state index contributed by atoms with van der Waals surface area (Å²) in [6.45, 7) is 1.59. The first-order valence-electron chi connectivity index (χ1n) is 7.48. The normalized spacial score (nSPS) is 14.8. The van der Waals surface area contributed by atoms with E-state index in [0.29, 0.717) is 15.6 Å². The van der Waals surface area contributed by atoms with Gasteiger partial charge in [-0.3, -0.25) is 20.2 Å². The summed E-state index contributed by atoms with van der Waals surface area (Å²) < 4.78 is 5.39. The lowest BCUT2D eigenvalue weighted by Crippen LogP contribution is -2.06. The monoisotopic (exact) mass is 431 g/mol. The third-order valence-electron chi connectivity index (χ3n) is 3.74. The Morgan fingerprint density at radius 3 is 2.44 bits per heavy atom. The summed E-state index contributed by atoms with van der Waals surface area (Å²) in [5, 5.41) is 22.1. The Morgan fingerprint density at radius 2 is 1.78 bits per heavy atom. The third kappa shape index (κ3) is 3.75. The number of carbonyl (C=O) groups excluding carboxylic acids is 1. The van der Waals surface area contributed by atoms with Crippen molar-refractivity contribution in [3.63, 3.8) is 0 Å². The highest BCUT2D eigenvalue weighted by Crippen LogP contribution is 2.28. The molecule has 0 spiro atoms. The van der Waals surface area contributed by atoms with Gasteiger partial charge in [-0.15, -0.1) is 0 Å². The Balaban J connectivity index is 1.99. The number of ether oxygens (including phenoxy) is 1. The van der Waals surface area contributed by atoms with Crippen molar-refractivity contribution in [2.45, 2.75) is 6.92 Å². The molecule has 0 aliphatic carbocycles. The lowest BCUT2D eigenvalue weighted by molar-refractivity contribution is -0.385. The Hall–Kier alpha value is -3.40. The number of hydrogen-bond donors (Lipinski definition) is 0. The Bertz CT molecular complexity index is 1060. The summed E-state index contributed by atoms with van der Waals surface area (Å²) in [6.07, 6.45) is 1.34. The van der Waals surface area contributed by atoms with Crippen LogP contribution >= 0.6 is 15.9 Å². The third-order valence-corrected chi connectivity index (χ3v) is 4.41. The number of nitro benzene ring substituents is 2. The van der Waals surface area contributed by atoms with Crippen molar-refractivity contribution in [3.8, 4) is 0 Å². The molecule has 27 heavy (non-hydrogen) atoms. The van der Waals surface area contributed by atoms with Gasteiger partial charge < -0.3 is 4.74 Å². The SMILES string of the molecule is Cc1ccc(C2=N/C(=C/c3ccc(Br)c([N+](=O)[O-])c3)C(=O)O2)cc1[N+](=O)[O-]. The van der Waals surface area contributed by atoms with E-state index in [2.05, 4.69) is 20.9 Å². The zero-order valence-corrected chi connectivity index (χ0v) is 15.3. The summed E-state index contributed by atoms with van der Waals surface area (Å²) in [6, 6.07) is 8.70. The van der Waals surface area contributed by atoms with Crippen molar-refractivity contribution in [2.75, 3.05) is 0 Å². The van der Waals surface area contributed by atoms with Crippen molar-refractivity contribution in [2.24, 2.45) is 4.99 Å². The van der Waals surface area contributed by atoms with Gasteiger partial charge in [0.05, 0.1) is 14.3 Å². The molecule has 1 aliphatic heterocycles. The van der Waals surface area contributed by atoms with E-state index in [1.54, 1.807) is 19.1 Å². The number of aryl methyl sites for hydroxylation is 1. The van der Waals surface area contributed by atoms with E-state index in [1.807, 2.05) is 0 Å². The molecule has 0 aromatic heterocycles. The summed E-state index contributed by atoms with van der Waals surface area (Å²) in [7, 11) is 0. The molecule has 9 nitrogen and oxygen atoms in total. The molecule has 0 radical (unpaired) electrons. The maximum absolute atomic E-state index is 12.1.